The molecule has 1 amide bonds. The molecule has 2 aromatic rings. The molecule has 2 rings (SSSR count). The van der Waals surface area contributed by atoms with Crippen molar-refractivity contribution >= 4 is 27.6 Å². The van der Waals surface area contributed by atoms with E-state index in [0.29, 0.717) is 11.3 Å². The minimum absolute atomic E-state index is 0.140. The number of sulfonamides is 1. The molecule has 0 spiro atoms. The first-order valence-electron chi connectivity index (χ1n) is 8.62. The van der Waals surface area contributed by atoms with E-state index in [4.69, 9.17) is 4.74 Å². The van der Waals surface area contributed by atoms with Gasteiger partial charge in [-0.05, 0) is 61.9 Å². The average molecular weight is 408 g/mol. The van der Waals surface area contributed by atoms with Crippen molar-refractivity contribution in [2.75, 3.05) is 11.9 Å². The van der Waals surface area contributed by atoms with E-state index in [1.54, 1.807) is 13.8 Å². The topological polar surface area (TPSA) is 102 Å². The first-order valence-corrected chi connectivity index (χ1v) is 10.1. The first-order chi connectivity index (χ1) is 13.3. The Balaban J connectivity index is 2.07. The number of hydrogen-bond donors (Lipinski definition) is 2. The molecular formula is C19H21FN2O5S. The maximum atomic E-state index is 13.0. The highest BCUT2D eigenvalue weighted by atomic mass is 32.2. The van der Waals surface area contributed by atoms with Crippen molar-refractivity contribution in [3.05, 3.63) is 59.9 Å². The van der Waals surface area contributed by atoms with E-state index in [2.05, 4.69) is 10.0 Å². The van der Waals surface area contributed by atoms with E-state index in [0.717, 1.165) is 24.3 Å². The predicted molar refractivity (Wildman–Crippen MR) is 102 cm³/mol. The van der Waals surface area contributed by atoms with Crippen LogP contribution in [0.3, 0.4) is 0 Å². The van der Waals surface area contributed by atoms with Crippen LogP contribution >= 0.6 is 0 Å². The van der Waals surface area contributed by atoms with E-state index >= 15 is 0 Å². The van der Waals surface area contributed by atoms with E-state index in [-0.39, 0.29) is 17.9 Å². The zero-order chi connectivity index (χ0) is 20.7. The molecule has 7 nitrogen and oxygen atoms in total. The van der Waals surface area contributed by atoms with Crippen LogP contribution in [0.4, 0.5) is 10.1 Å². The Morgan fingerprint density at radius 1 is 1.04 bits per heavy atom. The van der Waals surface area contributed by atoms with Gasteiger partial charge in [0.1, 0.15) is 11.9 Å². The minimum Gasteiger partial charge on any atom is -0.462 e. The van der Waals surface area contributed by atoms with Crippen molar-refractivity contribution in [1.29, 1.82) is 0 Å². The molecule has 0 fully saturated rings. The number of benzene rings is 2. The predicted octanol–water partition coefficient (Wildman–Crippen LogP) is 2.70. The molecule has 0 saturated carbocycles. The minimum atomic E-state index is -3.99. The fourth-order valence-electron chi connectivity index (χ4n) is 2.32. The maximum absolute atomic E-state index is 13.0. The fraction of sp³-hybridized carbons (Fsp3) is 0.263. The molecular weight excluding hydrogens is 387 g/mol. The van der Waals surface area contributed by atoms with Gasteiger partial charge in [-0.1, -0.05) is 6.92 Å². The van der Waals surface area contributed by atoms with E-state index in [9.17, 15) is 22.4 Å². The van der Waals surface area contributed by atoms with Crippen molar-refractivity contribution in [3.8, 4) is 0 Å². The third-order valence-electron chi connectivity index (χ3n) is 3.81. The second-order valence-electron chi connectivity index (χ2n) is 5.82. The van der Waals surface area contributed by atoms with Gasteiger partial charge in [-0.25, -0.2) is 17.6 Å². The zero-order valence-corrected chi connectivity index (χ0v) is 16.3. The molecule has 150 valence electrons. The van der Waals surface area contributed by atoms with Crippen LogP contribution in [0.2, 0.25) is 0 Å². The summed E-state index contributed by atoms with van der Waals surface area (Å²) in [6.45, 7) is 3.61. The van der Waals surface area contributed by atoms with Gasteiger partial charge in [0.2, 0.25) is 15.9 Å². The Kier molecular flexibility index (Phi) is 7.24. The van der Waals surface area contributed by atoms with Gasteiger partial charge >= 0.3 is 5.97 Å². The number of ether oxygens (including phenoxy) is 1. The first kappa shape index (κ1) is 21.5. The molecule has 0 saturated heterocycles. The summed E-state index contributed by atoms with van der Waals surface area (Å²) in [5, 5.41) is 2.60. The fourth-order valence-corrected chi connectivity index (χ4v) is 3.60. The zero-order valence-electron chi connectivity index (χ0n) is 15.4. The summed E-state index contributed by atoms with van der Waals surface area (Å²) >= 11 is 0. The molecule has 2 N–H and O–H groups in total. The molecule has 0 radical (unpaired) electrons. The van der Waals surface area contributed by atoms with Crippen LogP contribution in [0.15, 0.2) is 53.4 Å². The van der Waals surface area contributed by atoms with Crippen molar-refractivity contribution in [2.45, 2.75) is 31.2 Å². The summed E-state index contributed by atoms with van der Waals surface area (Å²) in [4.78, 5) is 23.9. The van der Waals surface area contributed by atoms with Crippen LogP contribution in [-0.4, -0.2) is 32.9 Å². The lowest BCUT2D eigenvalue weighted by Crippen LogP contribution is -2.43. The van der Waals surface area contributed by atoms with Gasteiger partial charge in [0.15, 0.2) is 0 Å². The van der Waals surface area contributed by atoms with Crippen LogP contribution in [0.5, 0.6) is 0 Å². The number of hydrogen-bond acceptors (Lipinski definition) is 5. The Hall–Kier alpha value is -2.78. The Morgan fingerprint density at radius 2 is 1.64 bits per heavy atom. The van der Waals surface area contributed by atoms with E-state index in [1.165, 1.54) is 24.3 Å². The maximum Gasteiger partial charge on any atom is 0.338 e. The summed E-state index contributed by atoms with van der Waals surface area (Å²) in [7, 11) is -3.99. The van der Waals surface area contributed by atoms with Gasteiger partial charge in [0, 0.05) is 5.69 Å². The lowest BCUT2D eigenvalue weighted by atomic mass is 10.2. The molecule has 9 heteroatoms. The van der Waals surface area contributed by atoms with Crippen molar-refractivity contribution in [1.82, 2.24) is 4.72 Å². The normalized spacial score (nSPS) is 12.2. The number of amides is 1. The second kappa shape index (κ2) is 9.43. The van der Waals surface area contributed by atoms with Gasteiger partial charge in [0.05, 0.1) is 17.1 Å². The molecule has 0 aliphatic carbocycles. The highest BCUT2D eigenvalue weighted by molar-refractivity contribution is 7.89. The van der Waals surface area contributed by atoms with E-state index < -0.39 is 33.8 Å². The SMILES string of the molecule is CCOC(=O)c1ccc(NC(=O)C(CC)NS(=O)(=O)c2ccc(F)cc2)cc1. The Labute approximate surface area is 163 Å². The van der Waals surface area contributed by atoms with Gasteiger partial charge < -0.3 is 10.1 Å². The average Bonchev–Trinajstić information content (AvgIpc) is 2.67. The summed E-state index contributed by atoms with van der Waals surface area (Å²) in [5.41, 5.74) is 0.737. The molecule has 28 heavy (non-hydrogen) atoms. The summed E-state index contributed by atoms with van der Waals surface area (Å²) in [6.07, 6.45) is 0.202. The molecule has 0 aromatic heterocycles. The third-order valence-corrected chi connectivity index (χ3v) is 5.30. The molecule has 1 unspecified atom stereocenters. The van der Waals surface area contributed by atoms with Crippen LogP contribution in [0.25, 0.3) is 0 Å². The number of carbonyl (C=O) groups is 2. The van der Waals surface area contributed by atoms with Gasteiger partial charge in [-0.15, -0.1) is 0 Å². The van der Waals surface area contributed by atoms with Gasteiger partial charge in [0.25, 0.3) is 0 Å². The number of carbonyl (C=O) groups excluding carboxylic acids is 2. The number of rotatable bonds is 8. The standard InChI is InChI=1S/C19H21FN2O5S/c1-3-17(22-28(25,26)16-11-7-14(20)8-12-16)18(23)21-15-9-5-13(6-10-15)19(24)27-4-2/h5-12,17,22H,3-4H2,1-2H3,(H,21,23). The van der Waals surface area contributed by atoms with Crippen molar-refractivity contribution in [3.63, 3.8) is 0 Å². The number of esters is 1. The Bertz CT molecular complexity index is 928. The summed E-state index contributed by atoms with van der Waals surface area (Å²) < 4.78 is 44.9. The molecule has 0 aliphatic heterocycles. The quantitative estimate of drug-likeness (QED) is 0.654. The third kappa shape index (κ3) is 5.61. The summed E-state index contributed by atoms with van der Waals surface area (Å²) in [5.74, 6) is -1.59. The summed E-state index contributed by atoms with van der Waals surface area (Å²) in [6, 6.07) is 9.30. The number of nitrogens with one attached hydrogen (secondary N) is 2. The molecule has 0 aliphatic rings. The molecule has 0 heterocycles. The molecule has 1 atom stereocenters. The lowest BCUT2D eigenvalue weighted by molar-refractivity contribution is -0.117. The lowest BCUT2D eigenvalue weighted by Gasteiger charge is -2.17. The Morgan fingerprint density at radius 3 is 2.18 bits per heavy atom. The highest BCUT2D eigenvalue weighted by Crippen LogP contribution is 2.14. The molecule has 2 aromatic carbocycles. The monoisotopic (exact) mass is 408 g/mol. The number of halogens is 1. The highest BCUT2D eigenvalue weighted by Gasteiger charge is 2.24. The number of anilines is 1. The van der Waals surface area contributed by atoms with Crippen LogP contribution in [0.1, 0.15) is 30.6 Å². The van der Waals surface area contributed by atoms with Crippen LogP contribution in [-0.2, 0) is 19.6 Å². The second-order valence-corrected chi connectivity index (χ2v) is 7.54. The largest absolute Gasteiger partial charge is 0.462 e. The van der Waals surface area contributed by atoms with E-state index in [1.807, 2.05) is 0 Å². The van der Waals surface area contributed by atoms with Gasteiger partial charge in [-0.3, -0.25) is 4.79 Å². The van der Waals surface area contributed by atoms with Crippen molar-refractivity contribution in [2.24, 2.45) is 0 Å². The molecule has 0 bridgehead atoms. The smallest absolute Gasteiger partial charge is 0.338 e. The van der Waals surface area contributed by atoms with Crippen LogP contribution in [0, 0.1) is 5.82 Å². The van der Waals surface area contributed by atoms with Crippen molar-refractivity contribution < 1.29 is 27.1 Å². The van der Waals surface area contributed by atoms with Crippen LogP contribution < -0.4 is 10.0 Å². The van der Waals surface area contributed by atoms with Gasteiger partial charge in [-0.2, -0.15) is 4.72 Å².